The molecule has 0 amide bonds. The molecule has 3 rings (SSSR count). The fourth-order valence-electron chi connectivity index (χ4n) is 2.25. The van der Waals surface area contributed by atoms with Crippen LogP contribution >= 0.6 is 11.3 Å². The van der Waals surface area contributed by atoms with Gasteiger partial charge in [-0.3, -0.25) is 0 Å². The summed E-state index contributed by atoms with van der Waals surface area (Å²) in [5.74, 6) is -0.484. The van der Waals surface area contributed by atoms with Gasteiger partial charge in [0.1, 0.15) is 5.82 Å². The molecule has 4 nitrogen and oxygen atoms in total. The summed E-state index contributed by atoms with van der Waals surface area (Å²) in [6.07, 6.45) is 0. The second-order valence-electron chi connectivity index (χ2n) is 4.89. The number of hydrogen-bond donors (Lipinski definition) is 0. The van der Waals surface area contributed by atoms with Crippen LogP contribution in [0.3, 0.4) is 0 Å². The van der Waals surface area contributed by atoms with Gasteiger partial charge in [0.2, 0.25) is 4.80 Å². The Morgan fingerprint density at radius 2 is 1.82 bits per heavy atom. The van der Waals surface area contributed by atoms with Crippen LogP contribution in [-0.4, -0.2) is 13.0 Å². The second kappa shape index (κ2) is 5.33. The summed E-state index contributed by atoms with van der Waals surface area (Å²) in [7, 11) is -2.08. The highest BCUT2D eigenvalue weighted by Gasteiger charge is 2.14. The van der Waals surface area contributed by atoms with Crippen molar-refractivity contribution in [1.29, 1.82) is 0 Å². The predicted molar refractivity (Wildman–Crippen MR) is 84.7 cm³/mol. The Kier molecular flexibility index (Phi) is 3.62. The summed E-state index contributed by atoms with van der Waals surface area (Å²) in [6, 6.07) is 10.5. The Hall–Kier alpha value is -1.99. The summed E-state index contributed by atoms with van der Waals surface area (Å²) in [4.78, 5) is 0.358. The van der Waals surface area contributed by atoms with E-state index in [2.05, 4.69) is 4.40 Å². The van der Waals surface area contributed by atoms with Crippen molar-refractivity contribution < 1.29 is 12.8 Å². The Balaban J connectivity index is 2.22. The zero-order chi connectivity index (χ0) is 15.9. The van der Waals surface area contributed by atoms with Gasteiger partial charge >= 0.3 is 0 Å². The van der Waals surface area contributed by atoms with Gasteiger partial charge in [-0.15, -0.1) is 4.40 Å². The number of thiazole rings is 1. The highest BCUT2D eigenvalue weighted by Crippen LogP contribution is 2.20. The molecule has 3 aromatic rings. The van der Waals surface area contributed by atoms with Crippen LogP contribution < -0.4 is 4.80 Å². The minimum Gasteiger partial charge on any atom is -0.319 e. The molecule has 0 saturated carbocycles. The molecule has 0 aliphatic heterocycles. The lowest BCUT2D eigenvalue weighted by molar-refractivity contribution is 0.595. The van der Waals surface area contributed by atoms with Crippen LogP contribution in [0.2, 0.25) is 0 Å². The Bertz CT molecular complexity index is 1020. The fourth-order valence-corrected chi connectivity index (χ4v) is 4.57. The van der Waals surface area contributed by atoms with E-state index >= 15 is 0 Å². The van der Waals surface area contributed by atoms with Crippen molar-refractivity contribution in [3.8, 4) is 0 Å². The van der Waals surface area contributed by atoms with E-state index in [4.69, 9.17) is 0 Å². The van der Waals surface area contributed by atoms with Crippen molar-refractivity contribution >= 4 is 31.6 Å². The minimum absolute atomic E-state index is 0.0249. The Labute approximate surface area is 131 Å². The molecule has 0 aliphatic rings. The van der Waals surface area contributed by atoms with Crippen LogP contribution in [0, 0.1) is 12.7 Å². The largest absolute Gasteiger partial charge is 0.319 e. The van der Waals surface area contributed by atoms with E-state index in [-0.39, 0.29) is 4.90 Å². The first-order chi connectivity index (χ1) is 10.4. The van der Waals surface area contributed by atoms with E-state index in [0.29, 0.717) is 4.80 Å². The van der Waals surface area contributed by atoms with Gasteiger partial charge in [-0.1, -0.05) is 23.5 Å². The lowest BCUT2D eigenvalue weighted by Gasteiger charge is -2.00. The number of rotatable bonds is 2. The molecule has 0 atom stereocenters. The number of sulfonamides is 1. The third-order valence-electron chi connectivity index (χ3n) is 3.33. The lowest BCUT2D eigenvalue weighted by atomic mass is 10.2. The third kappa shape index (κ3) is 2.57. The molecule has 0 fully saturated rings. The molecule has 2 aromatic carbocycles. The zero-order valence-corrected chi connectivity index (χ0v) is 13.6. The number of nitrogens with zero attached hydrogens (tertiary/aromatic N) is 2. The van der Waals surface area contributed by atoms with Crippen LogP contribution in [0.15, 0.2) is 51.8 Å². The quantitative estimate of drug-likeness (QED) is 0.722. The summed E-state index contributed by atoms with van der Waals surface area (Å²) in [6.45, 7) is 1.97. The van der Waals surface area contributed by atoms with E-state index in [9.17, 15) is 12.8 Å². The topological polar surface area (TPSA) is 51.4 Å². The van der Waals surface area contributed by atoms with Crippen LogP contribution in [0.5, 0.6) is 0 Å². The highest BCUT2D eigenvalue weighted by molar-refractivity contribution is 7.90. The van der Waals surface area contributed by atoms with E-state index in [1.807, 2.05) is 25.1 Å². The smallest absolute Gasteiger partial charge is 0.285 e. The maximum absolute atomic E-state index is 12.9. The molecule has 0 radical (unpaired) electrons. The van der Waals surface area contributed by atoms with Crippen molar-refractivity contribution in [1.82, 2.24) is 4.57 Å². The molecule has 0 saturated heterocycles. The van der Waals surface area contributed by atoms with E-state index in [1.54, 1.807) is 11.6 Å². The molecule has 114 valence electrons. The van der Waals surface area contributed by atoms with Gasteiger partial charge in [0.15, 0.2) is 0 Å². The molecule has 1 heterocycles. The number of aromatic nitrogens is 1. The minimum atomic E-state index is -3.87. The van der Waals surface area contributed by atoms with Gasteiger partial charge in [0.25, 0.3) is 10.0 Å². The van der Waals surface area contributed by atoms with E-state index in [1.165, 1.54) is 23.5 Å². The summed E-state index contributed by atoms with van der Waals surface area (Å²) in [5, 5.41) is 0. The predicted octanol–water partition coefficient (Wildman–Crippen LogP) is 2.98. The monoisotopic (exact) mass is 336 g/mol. The van der Waals surface area contributed by atoms with Gasteiger partial charge in [-0.05, 0) is 42.8 Å². The molecule has 22 heavy (non-hydrogen) atoms. The van der Waals surface area contributed by atoms with Crippen molar-refractivity contribution in [2.45, 2.75) is 11.8 Å². The molecule has 0 unspecified atom stereocenters. The number of halogens is 1. The Morgan fingerprint density at radius 1 is 1.14 bits per heavy atom. The highest BCUT2D eigenvalue weighted by atomic mass is 32.2. The zero-order valence-electron chi connectivity index (χ0n) is 11.9. The summed E-state index contributed by atoms with van der Waals surface area (Å²) in [5.41, 5.74) is 2.01. The maximum Gasteiger partial charge on any atom is 0.285 e. The van der Waals surface area contributed by atoms with Gasteiger partial charge in [-0.2, -0.15) is 8.42 Å². The van der Waals surface area contributed by atoms with E-state index < -0.39 is 15.8 Å². The molecule has 0 aliphatic carbocycles. The van der Waals surface area contributed by atoms with Gasteiger partial charge in [0, 0.05) is 7.05 Å². The molecular weight excluding hydrogens is 323 g/mol. The first kappa shape index (κ1) is 14.9. The molecule has 0 N–H and O–H groups in total. The average molecular weight is 336 g/mol. The SMILES string of the molecule is Cc1cccc2s/c(=N\S(=O)(=O)c3ccc(F)cc3)n(C)c12. The van der Waals surface area contributed by atoms with Crippen molar-refractivity contribution in [2.24, 2.45) is 11.4 Å². The van der Waals surface area contributed by atoms with Crippen LogP contribution in [-0.2, 0) is 17.1 Å². The van der Waals surface area contributed by atoms with Crippen LogP contribution in [0.25, 0.3) is 10.2 Å². The van der Waals surface area contributed by atoms with Gasteiger partial charge < -0.3 is 4.57 Å². The van der Waals surface area contributed by atoms with Crippen molar-refractivity contribution in [3.05, 3.63) is 58.6 Å². The van der Waals surface area contributed by atoms with Crippen LogP contribution in [0.4, 0.5) is 4.39 Å². The first-order valence-electron chi connectivity index (χ1n) is 6.50. The summed E-state index contributed by atoms with van der Waals surface area (Å²) >= 11 is 1.31. The molecular formula is C15H13FN2O2S2. The Morgan fingerprint density at radius 3 is 2.45 bits per heavy atom. The standard InChI is InChI=1S/C15H13FN2O2S2/c1-10-4-3-5-13-14(10)18(2)15(21-13)17-22(19,20)12-8-6-11(16)7-9-12/h3-9H,1-2H3/b17-15-. The number of para-hydroxylation sites is 1. The number of fused-ring (bicyclic) bond motifs is 1. The molecule has 1 aromatic heterocycles. The number of benzene rings is 2. The van der Waals surface area contributed by atoms with E-state index in [0.717, 1.165) is 27.9 Å². The van der Waals surface area contributed by atoms with Crippen molar-refractivity contribution in [2.75, 3.05) is 0 Å². The van der Waals surface area contributed by atoms with Crippen molar-refractivity contribution in [3.63, 3.8) is 0 Å². The normalized spacial score (nSPS) is 13.0. The maximum atomic E-state index is 12.9. The molecule has 0 spiro atoms. The first-order valence-corrected chi connectivity index (χ1v) is 8.76. The fraction of sp³-hybridized carbons (Fsp3) is 0.133. The number of aryl methyl sites for hydroxylation is 2. The van der Waals surface area contributed by atoms with Gasteiger partial charge in [0.05, 0.1) is 15.1 Å². The van der Waals surface area contributed by atoms with Gasteiger partial charge in [-0.25, -0.2) is 4.39 Å². The average Bonchev–Trinajstić information content (AvgIpc) is 2.76. The molecule has 0 bridgehead atoms. The van der Waals surface area contributed by atoms with Crippen LogP contribution in [0.1, 0.15) is 5.56 Å². The molecule has 7 heteroatoms. The third-order valence-corrected chi connectivity index (χ3v) is 5.83. The second-order valence-corrected chi connectivity index (χ2v) is 7.50. The summed E-state index contributed by atoms with van der Waals surface area (Å²) < 4.78 is 44.2. The number of hydrogen-bond acceptors (Lipinski definition) is 3. The lowest BCUT2D eigenvalue weighted by Crippen LogP contribution is -2.14.